The van der Waals surface area contributed by atoms with Crippen LogP contribution in [0.4, 0.5) is 5.69 Å². The van der Waals surface area contributed by atoms with E-state index in [1.165, 1.54) is 4.90 Å². The average molecular weight is 362 g/mol. The summed E-state index contributed by atoms with van der Waals surface area (Å²) >= 11 is 6.05. The lowest BCUT2D eigenvalue weighted by Crippen LogP contribution is -2.53. The first-order valence-electron chi connectivity index (χ1n) is 7.07. The molecule has 2 N–H and O–H groups in total. The van der Waals surface area contributed by atoms with E-state index in [4.69, 9.17) is 16.3 Å². The summed E-state index contributed by atoms with van der Waals surface area (Å²) in [6.45, 7) is 3.07. The molecule has 0 radical (unpaired) electrons. The quantitative estimate of drug-likeness (QED) is 0.860. The number of rotatable bonds is 3. The number of morpholine rings is 1. The molecule has 1 aliphatic rings. The first kappa shape index (κ1) is 19.7. The minimum absolute atomic E-state index is 0. The maximum Gasteiger partial charge on any atom is 0.254 e. The summed E-state index contributed by atoms with van der Waals surface area (Å²) < 4.78 is 5.46. The van der Waals surface area contributed by atoms with E-state index in [9.17, 15) is 9.59 Å². The summed E-state index contributed by atoms with van der Waals surface area (Å²) in [5.74, 6) is -0.411. The van der Waals surface area contributed by atoms with E-state index in [-0.39, 0.29) is 30.3 Å². The molecule has 0 spiro atoms. The molecule has 1 aliphatic heterocycles. The molecule has 0 saturated carbocycles. The van der Waals surface area contributed by atoms with E-state index in [1.807, 2.05) is 6.92 Å². The molecular weight excluding hydrogens is 341 g/mol. The number of benzene rings is 1. The maximum absolute atomic E-state index is 12.3. The van der Waals surface area contributed by atoms with Crippen molar-refractivity contribution in [2.45, 2.75) is 19.1 Å². The molecule has 2 amide bonds. The Kier molecular flexibility index (Phi) is 7.28. The maximum atomic E-state index is 12.3. The highest BCUT2D eigenvalue weighted by Crippen LogP contribution is 2.22. The van der Waals surface area contributed by atoms with Crippen LogP contribution in [0.15, 0.2) is 18.2 Å². The number of carbonyl (C=O) groups excluding carboxylic acids is 2. The zero-order valence-electron chi connectivity index (χ0n) is 13.3. The molecule has 0 bridgehead atoms. The number of hydrogen-bond acceptors (Lipinski definition) is 4. The second-order valence-corrected chi connectivity index (χ2v) is 5.80. The predicted molar refractivity (Wildman–Crippen MR) is 92.6 cm³/mol. The van der Waals surface area contributed by atoms with Gasteiger partial charge >= 0.3 is 0 Å². The van der Waals surface area contributed by atoms with Crippen molar-refractivity contribution in [3.63, 3.8) is 0 Å². The first-order chi connectivity index (χ1) is 10.4. The van der Waals surface area contributed by atoms with Gasteiger partial charge in [-0.3, -0.25) is 9.59 Å². The number of amides is 2. The van der Waals surface area contributed by atoms with Crippen molar-refractivity contribution in [3.05, 3.63) is 28.8 Å². The molecule has 8 heteroatoms. The topological polar surface area (TPSA) is 70.7 Å². The molecule has 0 aliphatic carbocycles. The molecular formula is C15H21Cl2N3O3. The fourth-order valence-corrected chi connectivity index (χ4v) is 2.45. The van der Waals surface area contributed by atoms with Crippen LogP contribution >= 0.6 is 24.0 Å². The van der Waals surface area contributed by atoms with Crippen molar-refractivity contribution in [2.75, 3.05) is 32.6 Å². The van der Waals surface area contributed by atoms with Gasteiger partial charge in [0.05, 0.1) is 23.3 Å². The van der Waals surface area contributed by atoms with E-state index in [1.54, 1.807) is 32.3 Å². The molecule has 6 nitrogen and oxygen atoms in total. The highest BCUT2D eigenvalue weighted by Gasteiger charge is 2.28. The molecule has 128 valence electrons. The number of hydrogen-bond donors (Lipinski definition) is 2. The number of nitrogens with zero attached hydrogens (tertiary/aromatic N) is 1. The van der Waals surface area contributed by atoms with Gasteiger partial charge in [-0.2, -0.15) is 0 Å². The Balaban J connectivity index is 0.00000264. The Bertz CT molecular complexity index is 581. The van der Waals surface area contributed by atoms with Crippen LogP contribution in [0.2, 0.25) is 5.02 Å². The minimum Gasteiger partial charge on any atom is -0.375 e. The van der Waals surface area contributed by atoms with Crippen molar-refractivity contribution in [1.29, 1.82) is 0 Å². The number of anilines is 1. The van der Waals surface area contributed by atoms with Crippen LogP contribution in [-0.4, -0.2) is 56.1 Å². The monoisotopic (exact) mass is 361 g/mol. The molecule has 2 atom stereocenters. The summed E-state index contributed by atoms with van der Waals surface area (Å²) in [6.07, 6.45) is -0.205. The van der Waals surface area contributed by atoms with Crippen molar-refractivity contribution in [1.82, 2.24) is 10.2 Å². The molecule has 0 aromatic heterocycles. The number of ether oxygens (including phenoxy) is 1. The lowest BCUT2D eigenvalue weighted by atomic mass is 10.1. The molecule has 1 aromatic carbocycles. The van der Waals surface area contributed by atoms with Gasteiger partial charge in [0, 0.05) is 26.3 Å². The smallest absolute Gasteiger partial charge is 0.254 e. The fourth-order valence-electron chi connectivity index (χ4n) is 2.26. The lowest BCUT2D eigenvalue weighted by Gasteiger charge is -2.29. The third kappa shape index (κ3) is 4.81. The van der Waals surface area contributed by atoms with Gasteiger partial charge in [0.2, 0.25) is 5.91 Å². The third-order valence-corrected chi connectivity index (χ3v) is 3.80. The molecule has 23 heavy (non-hydrogen) atoms. The molecule has 1 fully saturated rings. The number of halogens is 2. The van der Waals surface area contributed by atoms with Crippen LogP contribution in [0.5, 0.6) is 0 Å². The molecule has 1 heterocycles. The van der Waals surface area contributed by atoms with Crippen LogP contribution in [-0.2, 0) is 9.53 Å². The summed E-state index contributed by atoms with van der Waals surface area (Å²) in [5.41, 5.74) is 0.879. The van der Waals surface area contributed by atoms with Crippen LogP contribution in [0.1, 0.15) is 17.3 Å². The van der Waals surface area contributed by atoms with E-state index < -0.39 is 6.04 Å². The average Bonchev–Trinajstić information content (AvgIpc) is 2.48. The van der Waals surface area contributed by atoms with Crippen LogP contribution in [0.25, 0.3) is 0 Å². The van der Waals surface area contributed by atoms with Crippen molar-refractivity contribution in [2.24, 2.45) is 0 Å². The molecule has 1 aromatic rings. The summed E-state index contributed by atoms with van der Waals surface area (Å²) in [5, 5.41) is 6.26. The van der Waals surface area contributed by atoms with Crippen LogP contribution in [0.3, 0.4) is 0 Å². The first-order valence-corrected chi connectivity index (χ1v) is 7.45. The zero-order chi connectivity index (χ0) is 16.3. The highest BCUT2D eigenvalue weighted by atomic mass is 35.5. The van der Waals surface area contributed by atoms with Gasteiger partial charge in [-0.25, -0.2) is 0 Å². The molecule has 2 rings (SSSR count). The number of carbonyl (C=O) groups is 2. The Morgan fingerprint density at radius 3 is 2.70 bits per heavy atom. The Morgan fingerprint density at radius 2 is 2.09 bits per heavy atom. The van der Waals surface area contributed by atoms with Gasteiger partial charge in [-0.1, -0.05) is 11.6 Å². The van der Waals surface area contributed by atoms with E-state index in [0.29, 0.717) is 29.4 Å². The fraction of sp³-hybridized carbons (Fsp3) is 0.467. The third-order valence-electron chi connectivity index (χ3n) is 3.47. The molecule has 0 unspecified atom stereocenters. The van der Waals surface area contributed by atoms with E-state index >= 15 is 0 Å². The second-order valence-electron chi connectivity index (χ2n) is 5.39. The van der Waals surface area contributed by atoms with Crippen LogP contribution in [0, 0.1) is 0 Å². The normalized spacial score (nSPS) is 20.3. The predicted octanol–water partition coefficient (Wildman–Crippen LogP) is 1.78. The van der Waals surface area contributed by atoms with Gasteiger partial charge in [-0.15, -0.1) is 12.4 Å². The van der Waals surface area contributed by atoms with Gasteiger partial charge in [0.15, 0.2) is 0 Å². The van der Waals surface area contributed by atoms with Crippen molar-refractivity contribution < 1.29 is 14.3 Å². The lowest BCUT2D eigenvalue weighted by molar-refractivity contribution is -0.123. The standard InChI is InChI=1S/C15H20ClN3O3.ClH/c1-9-13(17-6-7-22-9)14(20)18-10-4-5-12(16)11(8-10)15(21)19(2)3;/h4-5,8-9,13,17H,6-7H2,1-3H3,(H,18,20);1H/t9-,13+;/m1./s1. The van der Waals surface area contributed by atoms with Gasteiger partial charge < -0.3 is 20.3 Å². The SMILES string of the molecule is C[C@H]1OCCN[C@@H]1C(=O)Nc1ccc(Cl)c(C(=O)N(C)C)c1.Cl. The van der Waals surface area contributed by atoms with Gasteiger partial charge in [0.1, 0.15) is 6.04 Å². The van der Waals surface area contributed by atoms with E-state index in [2.05, 4.69) is 10.6 Å². The van der Waals surface area contributed by atoms with E-state index in [0.717, 1.165) is 0 Å². The van der Waals surface area contributed by atoms with Crippen molar-refractivity contribution >= 4 is 41.5 Å². The summed E-state index contributed by atoms with van der Waals surface area (Å²) in [6, 6.07) is 4.43. The highest BCUT2D eigenvalue weighted by molar-refractivity contribution is 6.34. The Labute approximate surface area is 146 Å². The van der Waals surface area contributed by atoms with Crippen molar-refractivity contribution in [3.8, 4) is 0 Å². The number of nitrogens with one attached hydrogen (secondary N) is 2. The summed E-state index contributed by atoms with van der Waals surface area (Å²) in [4.78, 5) is 25.8. The van der Waals surface area contributed by atoms with Crippen LogP contribution < -0.4 is 10.6 Å². The summed E-state index contributed by atoms with van der Waals surface area (Å²) in [7, 11) is 3.30. The molecule has 1 saturated heterocycles. The largest absolute Gasteiger partial charge is 0.375 e. The van der Waals surface area contributed by atoms with Gasteiger partial charge in [0.25, 0.3) is 5.91 Å². The van der Waals surface area contributed by atoms with Gasteiger partial charge in [-0.05, 0) is 25.1 Å². The minimum atomic E-state index is -0.419. The Morgan fingerprint density at radius 1 is 1.39 bits per heavy atom. The zero-order valence-corrected chi connectivity index (χ0v) is 14.8. The second kappa shape index (κ2) is 8.49. The Hall–Kier alpha value is -1.34.